The first kappa shape index (κ1) is 11.0. The van der Waals surface area contributed by atoms with Gasteiger partial charge in [0.15, 0.2) is 0 Å². The van der Waals surface area contributed by atoms with Crippen LogP contribution >= 0.6 is 11.6 Å². The highest BCUT2D eigenvalue weighted by molar-refractivity contribution is 6.31. The Balaban J connectivity index is 2.53. The zero-order valence-electron chi connectivity index (χ0n) is 9.60. The van der Waals surface area contributed by atoms with E-state index in [9.17, 15) is 0 Å². The highest BCUT2D eigenvalue weighted by atomic mass is 35.5. The number of benzene rings is 1. The van der Waals surface area contributed by atoms with E-state index in [1.165, 1.54) is 29.5 Å². The lowest BCUT2D eigenvalue weighted by atomic mass is 9.85. The van der Waals surface area contributed by atoms with Crippen molar-refractivity contribution in [2.45, 2.75) is 45.1 Å². The van der Waals surface area contributed by atoms with Gasteiger partial charge in [-0.1, -0.05) is 17.7 Å². The molecule has 1 aromatic rings. The second-order valence-electron chi connectivity index (χ2n) is 4.86. The second kappa shape index (κ2) is 3.50. The molecular weight excluding hydrogens is 206 g/mol. The number of hydrogen-bond acceptors (Lipinski definition) is 1. The molecule has 1 aromatic carbocycles. The van der Waals surface area contributed by atoms with Gasteiger partial charge in [-0.2, -0.15) is 0 Å². The molecule has 0 amide bonds. The van der Waals surface area contributed by atoms with Crippen LogP contribution < -0.4 is 5.73 Å². The van der Waals surface area contributed by atoms with Crippen LogP contribution in [-0.4, -0.2) is 6.04 Å². The van der Waals surface area contributed by atoms with Crippen LogP contribution in [0.25, 0.3) is 0 Å². The molecule has 1 nitrogen and oxygen atoms in total. The Morgan fingerprint density at radius 3 is 2.40 bits per heavy atom. The zero-order chi connectivity index (χ0) is 11.2. The predicted molar refractivity (Wildman–Crippen MR) is 65.5 cm³/mol. The molecule has 2 rings (SSSR count). The first-order chi connectivity index (χ1) is 6.97. The Bertz CT molecular complexity index is 392. The van der Waals surface area contributed by atoms with Crippen molar-refractivity contribution < 1.29 is 0 Å². The third kappa shape index (κ3) is 1.68. The van der Waals surface area contributed by atoms with Crippen LogP contribution in [0.3, 0.4) is 0 Å². The lowest BCUT2D eigenvalue weighted by Gasteiger charge is -2.23. The van der Waals surface area contributed by atoms with Crippen molar-refractivity contribution in [3.8, 4) is 0 Å². The Kier molecular flexibility index (Phi) is 2.56. The number of aryl methyl sites for hydroxylation is 1. The van der Waals surface area contributed by atoms with E-state index in [4.69, 9.17) is 17.3 Å². The number of nitrogens with two attached hydrogens (primary N) is 1. The fourth-order valence-electron chi connectivity index (χ4n) is 2.44. The van der Waals surface area contributed by atoms with Crippen molar-refractivity contribution in [3.05, 3.63) is 33.8 Å². The first-order valence-electron chi connectivity index (χ1n) is 5.50. The van der Waals surface area contributed by atoms with Crippen molar-refractivity contribution in [3.63, 3.8) is 0 Å². The smallest absolute Gasteiger partial charge is 0.0440 e. The summed E-state index contributed by atoms with van der Waals surface area (Å²) in [5.41, 5.74) is 10.1. The molecule has 0 heterocycles. The standard InChI is InChI=1S/C13H18ClN/c1-8-6-11(9(2)12(14)7-8)13(4-5-13)10(3)15/h6-7,10H,4-5,15H2,1-3H3. The fourth-order valence-corrected chi connectivity index (χ4v) is 2.71. The van der Waals surface area contributed by atoms with Gasteiger partial charge in [-0.15, -0.1) is 0 Å². The minimum atomic E-state index is 0.208. The molecule has 1 aliphatic carbocycles. The molecular formula is C13H18ClN. The van der Waals surface area contributed by atoms with Crippen molar-refractivity contribution in [2.75, 3.05) is 0 Å². The third-order valence-corrected chi connectivity index (χ3v) is 4.08. The van der Waals surface area contributed by atoms with E-state index in [0.29, 0.717) is 0 Å². The maximum atomic E-state index is 6.22. The maximum Gasteiger partial charge on any atom is 0.0440 e. The SMILES string of the molecule is Cc1cc(Cl)c(C)c(C2(C(C)N)CC2)c1. The minimum absolute atomic E-state index is 0.208. The van der Waals surface area contributed by atoms with Crippen LogP contribution in [0.4, 0.5) is 0 Å². The van der Waals surface area contributed by atoms with E-state index in [2.05, 4.69) is 26.8 Å². The van der Waals surface area contributed by atoms with E-state index in [1.807, 2.05) is 6.07 Å². The van der Waals surface area contributed by atoms with Gasteiger partial charge in [0, 0.05) is 16.5 Å². The predicted octanol–water partition coefficient (Wildman–Crippen LogP) is 3.34. The number of rotatable bonds is 2. The molecule has 0 radical (unpaired) electrons. The Morgan fingerprint density at radius 2 is 1.93 bits per heavy atom. The number of halogens is 1. The molecule has 1 saturated carbocycles. The summed E-state index contributed by atoms with van der Waals surface area (Å²) in [4.78, 5) is 0. The van der Waals surface area contributed by atoms with Gasteiger partial charge in [-0.25, -0.2) is 0 Å². The van der Waals surface area contributed by atoms with Gasteiger partial charge in [0.25, 0.3) is 0 Å². The molecule has 15 heavy (non-hydrogen) atoms. The fraction of sp³-hybridized carbons (Fsp3) is 0.538. The van der Waals surface area contributed by atoms with E-state index in [1.54, 1.807) is 0 Å². The number of hydrogen-bond donors (Lipinski definition) is 1. The van der Waals surface area contributed by atoms with E-state index in [0.717, 1.165) is 5.02 Å². The molecule has 2 N–H and O–H groups in total. The van der Waals surface area contributed by atoms with E-state index in [-0.39, 0.29) is 11.5 Å². The van der Waals surface area contributed by atoms with Crippen molar-refractivity contribution in [1.82, 2.24) is 0 Å². The van der Waals surface area contributed by atoms with Crippen molar-refractivity contribution >= 4 is 11.6 Å². The average molecular weight is 224 g/mol. The van der Waals surface area contributed by atoms with Gasteiger partial charge in [-0.3, -0.25) is 0 Å². The monoisotopic (exact) mass is 223 g/mol. The van der Waals surface area contributed by atoms with Crippen LogP contribution in [0.2, 0.25) is 5.02 Å². The second-order valence-corrected chi connectivity index (χ2v) is 5.27. The normalized spacial score (nSPS) is 20.1. The Morgan fingerprint density at radius 1 is 1.33 bits per heavy atom. The highest BCUT2D eigenvalue weighted by Crippen LogP contribution is 2.52. The summed E-state index contributed by atoms with van der Waals surface area (Å²) in [6.45, 7) is 6.29. The topological polar surface area (TPSA) is 26.0 Å². The van der Waals surface area contributed by atoms with Crippen LogP contribution in [-0.2, 0) is 5.41 Å². The highest BCUT2D eigenvalue weighted by Gasteiger charge is 2.48. The van der Waals surface area contributed by atoms with Crippen LogP contribution in [0.15, 0.2) is 12.1 Å². The molecule has 0 spiro atoms. The summed E-state index contributed by atoms with van der Waals surface area (Å²) in [5.74, 6) is 0. The van der Waals surface area contributed by atoms with Gasteiger partial charge in [0.05, 0.1) is 0 Å². The largest absolute Gasteiger partial charge is 0.327 e. The molecule has 0 saturated heterocycles. The summed E-state index contributed by atoms with van der Waals surface area (Å²) < 4.78 is 0. The lowest BCUT2D eigenvalue weighted by Crippen LogP contribution is -2.32. The van der Waals surface area contributed by atoms with Gasteiger partial charge in [0.1, 0.15) is 0 Å². The van der Waals surface area contributed by atoms with E-state index < -0.39 is 0 Å². The molecule has 82 valence electrons. The lowest BCUT2D eigenvalue weighted by molar-refractivity contribution is 0.553. The minimum Gasteiger partial charge on any atom is -0.327 e. The zero-order valence-corrected chi connectivity index (χ0v) is 10.4. The summed E-state index contributed by atoms with van der Waals surface area (Å²) in [7, 11) is 0. The van der Waals surface area contributed by atoms with Gasteiger partial charge < -0.3 is 5.73 Å². The summed E-state index contributed by atoms with van der Waals surface area (Å²) in [6, 6.07) is 4.49. The molecule has 1 atom stereocenters. The van der Waals surface area contributed by atoms with Crippen LogP contribution in [0.5, 0.6) is 0 Å². The molecule has 0 aliphatic heterocycles. The summed E-state index contributed by atoms with van der Waals surface area (Å²) in [5, 5.41) is 0.872. The molecule has 1 fully saturated rings. The summed E-state index contributed by atoms with van der Waals surface area (Å²) >= 11 is 6.22. The molecule has 0 bridgehead atoms. The van der Waals surface area contributed by atoms with Crippen LogP contribution in [0, 0.1) is 13.8 Å². The summed E-state index contributed by atoms with van der Waals surface area (Å²) in [6.07, 6.45) is 2.40. The quantitative estimate of drug-likeness (QED) is 0.818. The average Bonchev–Trinajstić information content (AvgIpc) is 2.91. The van der Waals surface area contributed by atoms with Crippen molar-refractivity contribution in [1.29, 1.82) is 0 Å². The molecule has 1 aliphatic rings. The van der Waals surface area contributed by atoms with Gasteiger partial charge >= 0.3 is 0 Å². The third-order valence-electron chi connectivity index (χ3n) is 3.69. The molecule has 1 unspecified atom stereocenters. The van der Waals surface area contributed by atoms with Gasteiger partial charge in [-0.05, 0) is 56.4 Å². The van der Waals surface area contributed by atoms with E-state index >= 15 is 0 Å². The Hall–Kier alpha value is -0.530. The van der Waals surface area contributed by atoms with Gasteiger partial charge in [0.2, 0.25) is 0 Å². The van der Waals surface area contributed by atoms with Crippen molar-refractivity contribution in [2.24, 2.45) is 5.73 Å². The Labute approximate surface area is 96.6 Å². The maximum absolute atomic E-state index is 6.22. The van der Waals surface area contributed by atoms with Crippen LogP contribution in [0.1, 0.15) is 36.5 Å². The molecule has 0 aromatic heterocycles. The first-order valence-corrected chi connectivity index (χ1v) is 5.88. The molecule has 2 heteroatoms.